The Hall–Kier alpha value is -1.42. The molecule has 1 aromatic carbocycles. The summed E-state index contributed by atoms with van der Waals surface area (Å²) in [5.74, 6) is 0.796. The summed E-state index contributed by atoms with van der Waals surface area (Å²) in [4.78, 5) is 11.1. The number of rotatable bonds is 2. The van der Waals surface area contributed by atoms with Gasteiger partial charge in [0.15, 0.2) is 0 Å². The van der Waals surface area contributed by atoms with Crippen LogP contribution >= 0.6 is 12.4 Å². The molecule has 0 spiro atoms. The largest absolute Gasteiger partial charge is 0.496 e. The number of ether oxygens (including phenoxy) is 2. The molecule has 2 rings (SSSR count). The van der Waals surface area contributed by atoms with Crippen LogP contribution in [-0.4, -0.2) is 19.8 Å². The third-order valence-corrected chi connectivity index (χ3v) is 2.45. The van der Waals surface area contributed by atoms with Gasteiger partial charge in [0.05, 0.1) is 19.8 Å². The first kappa shape index (κ1) is 12.6. The van der Waals surface area contributed by atoms with E-state index < -0.39 is 0 Å². The normalized spacial score (nSPS) is 19.1. The van der Waals surface area contributed by atoms with Crippen molar-refractivity contribution in [3.05, 3.63) is 29.8 Å². The van der Waals surface area contributed by atoms with Crippen LogP contribution in [0.5, 0.6) is 5.75 Å². The molecule has 0 bridgehead atoms. The minimum atomic E-state index is -0.364. The molecule has 1 saturated heterocycles. The minimum Gasteiger partial charge on any atom is -0.496 e. The van der Waals surface area contributed by atoms with Crippen molar-refractivity contribution in [2.24, 2.45) is 0 Å². The first-order valence-corrected chi connectivity index (χ1v) is 4.87. The highest BCUT2D eigenvalue weighted by molar-refractivity contribution is 5.85. The molecule has 4 nitrogen and oxygen atoms in total. The summed E-state index contributed by atoms with van der Waals surface area (Å²) in [6.45, 7) is 0.453. The molecule has 16 heavy (non-hydrogen) atoms. The standard InChI is InChI=1S/C11H13NO3.ClH/c1-14-10-5-3-2-4-8(10)9-6-7-15-11(13)12-9;/h2-5,9H,6-7H2,1H3,(H,12,13);1H/t9-;/m0./s1. The number of benzene rings is 1. The summed E-state index contributed by atoms with van der Waals surface area (Å²) in [5, 5.41) is 2.77. The maximum Gasteiger partial charge on any atom is 0.407 e. The van der Waals surface area contributed by atoms with Gasteiger partial charge in [-0.05, 0) is 6.07 Å². The maximum atomic E-state index is 11.1. The number of hydrogen-bond donors (Lipinski definition) is 1. The van der Waals surface area contributed by atoms with Gasteiger partial charge < -0.3 is 14.8 Å². The molecule has 1 amide bonds. The van der Waals surface area contributed by atoms with E-state index in [2.05, 4.69) is 5.32 Å². The van der Waals surface area contributed by atoms with Crippen LogP contribution in [0.3, 0.4) is 0 Å². The van der Waals surface area contributed by atoms with Crippen LogP contribution in [0.1, 0.15) is 18.0 Å². The van der Waals surface area contributed by atoms with Crippen molar-refractivity contribution in [1.82, 2.24) is 5.32 Å². The van der Waals surface area contributed by atoms with Crippen molar-refractivity contribution >= 4 is 18.5 Å². The number of hydrogen-bond acceptors (Lipinski definition) is 3. The summed E-state index contributed by atoms with van der Waals surface area (Å²) in [6.07, 6.45) is 0.406. The fourth-order valence-electron chi connectivity index (χ4n) is 1.71. The molecule has 0 radical (unpaired) electrons. The van der Waals surface area contributed by atoms with Gasteiger partial charge >= 0.3 is 6.09 Å². The van der Waals surface area contributed by atoms with Gasteiger partial charge in [-0.2, -0.15) is 0 Å². The van der Waals surface area contributed by atoms with Gasteiger partial charge in [-0.25, -0.2) is 4.79 Å². The molecule has 0 unspecified atom stereocenters. The van der Waals surface area contributed by atoms with E-state index in [1.165, 1.54) is 0 Å². The minimum absolute atomic E-state index is 0. The topological polar surface area (TPSA) is 47.6 Å². The first-order valence-electron chi connectivity index (χ1n) is 4.87. The first-order chi connectivity index (χ1) is 7.31. The predicted molar refractivity (Wildman–Crippen MR) is 62.1 cm³/mol. The van der Waals surface area contributed by atoms with Gasteiger partial charge in [0, 0.05) is 12.0 Å². The van der Waals surface area contributed by atoms with Gasteiger partial charge in [-0.3, -0.25) is 0 Å². The lowest BCUT2D eigenvalue weighted by molar-refractivity contribution is 0.115. The van der Waals surface area contributed by atoms with Crippen LogP contribution in [0, 0.1) is 0 Å². The van der Waals surface area contributed by atoms with Gasteiger partial charge in [0.2, 0.25) is 0 Å². The van der Waals surface area contributed by atoms with E-state index in [-0.39, 0.29) is 24.5 Å². The molecule has 5 heteroatoms. The Morgan fingerprint density at radius 3 is 2.88 bits per heavy atom. The number of methoxy groups -OCH3 is 1. The molecule has 1 aromatic rings. The highest BCUT2D eigenvalue weighted by atomic mass is 35.5. The van der Waals surface area contributed by atoms with Crippen LogP contribution in [0.25, 0.3) is 0 Å². The Balaban J connectivity index is 0.00000128. The molecule has 0 aliphatic carbocycles. The Morgan fingerprint density at radius 2 is 2.19 bits per heavy atom. The van der Waals surface area contributed by atoms with Crippen molar-refractivity contribution in [1.29, 1.82) is 0 Å². The highest BCUT2D eigenvalue weighted by Gasteiger charge is 2.22. The Morgan fingerprint density at radius 1 is 1.44 bits per heavy atom. The number of cyclic esters (lactones) is 1. The van der Waals surface area contributed by atoms with Crippen LogP contribution < -0.4 is 10.1 Å². The zero-order valence-corrected chi connectivity index (χ0v) is 9.75. The average Bonchev–Trinajstić information content (AvgIpc) is 2.29. The SMILES string of the molecule is COc1ccccc1[C@@H]1CCOC(=O)N1.Cl. The third kappa shape index (κ3) is 2.58. The fourth-order valence-corrected chi connectivity index (χ4v) is 1.71. The monoisotopic (exact) mass is 243 g/mol. The second-order valence-corrected chi connectivity index (χ2v) is 3.36. The lowest BCUT2D eigenvalue weighted by Crippen LogP contribution is -2.35. The maximum absolute atomic E-state index is 11.1. The predicted octanol–water partition coefficient (Wildman–Crippen LogP) is 2.29. The fraction of sp³-hybridized carbons (Fsp3) is 0.364. The Labute approximate surface area is 100 Å². The summed E-state index contributed by atoms with van der Waals surface area (Å²) >= 11 is 0. The van der Waals surface area contributed by atoms with Gasteiger partial charge in [0.25, 0.3) is 0 Å². The number of nitrogens with one attached hydrogen (secondary N) is 1. The summed E-state index contributed by atoms with van der Waals surface area (Å²) in [6, 6.07) is 7.66. The van der Waals surface area contributed by atoms with E-state index in [1.54, 1.807) is 7.11 Å². The number of alkyl carbamates (subject to hydrolysis) is 1. The van der Waals surface area contributed by atoms with Crippen molar-refractivity contribution in [2.75, 3.05) is 13.7 Å². The van der Waals surface area contributed by atoms with E-state index in [0.717, 1.165) is 17.7 Å². The van der Waals surface area contributed by atoms with Crippen molar-refractivity contribution in [3.8, 4) is 5.75 Å². The lowest BCUT2D eigenvalue weighted by Gasteiger charge is -2.24. The smallest absolute Gasteiger partial charge is 0.407 e. The third-order valence-electron chi connectivity index (χ3n) is 2.45. The molecule has 1 aliphatic heterocycles. The molecule has 1 aliphatic rings. The number of amides is 1. The van der Waals surface area contributed by atoms with Gasteiger partial charge in [0.1, 0.15) is 5.75 Å². The summed E-state index contributed by atoms with van der Waals surface area (Å²) in [5.41, 5.74) is 0.997. The second-order valence-electron chi connectivity index (χ2n) is 3.36. The Bertz CT molecular complexity index is 370. The lowest BCUT2D eigenvalue weighted by atomic mass is 10.0. The molecule has 1 heterocycles. The highest BCUT2D eigenvalue weighted by Crippen LogP contribution is 2.28. The molecule has 1 atom stereocenters. The van der Waals surface area contributed by atoms with Crippen LogP contribution in [0.4, 0.5) is 4.79 Å². The van der Waals surface area contributed by atoms with E-state index in [0.29, 0.717) is 6.61 Å². The number of carbonyl (C=O) groups excluding carboxylic acids is 1. The van der Waals surface area contributed by atoms with E-state index in [9.17, 15) is 4.79 Å². The zero-order valence-electron chi connectivity index (χ0n) is 8.93. The van der Waals surface area contributed by atoms with Gasteiger partial charge in [-0.15, -0.1) is 12.4 Å². The van der Waals surface area contributed by atoms with Crippen molar-refractivity contribution in [2.45, 2.75) is 12.5 Å². The van der Waals surface area contributed by atoms with E-state index in [1.807, 2.05) is 24.3 Å². The van der Waals surface area contributed by atoms with Crippen molar-refractivity contribution < 1.29 is 14.3 Å². The molecule has 0 saturated carbocycles. The summed E-state index contributed by atoms with van der Waals surface area (Å²) in [7, 11) is 1.62. The van der Waals surface area contributed by atoms with Crippen LogP contribution in [0.15, 0.2) is 24.3 Å². The van der Waals surface area contributed by atoms with Crippen molar-refractivity contribution in [3.63, 3.8) is 0 Å². The average molecular weight is 244 g/mol. The number of carbonyl (C=O) groups is 1. The molecular weight excluding hydrogens is 230 g/mol. The summed E-state index contributed by atoms with van der Waals surface area (Å²) < 4.78 is 10.1. The molecule has 1 N–H and O–H groups in total. The van der Waals surface area contributed by atoms with Gasteiger partial charge in [-0.1, -0.05) is 18.2 Å². The van der Waals surface area contributed by atoms with Crippen LogP contribution in [-0.2, 0) is 4.74 Å². The second kappa shape index (κ2) is 5.61. The van der Waals surface area contributed by atoms with E-state index in [4.69, 9.17) is 9.47 Å². The van der Waals surface area contributed by atoms with Crippen LogP contribution in [0.2, 0.25) is 0 Å². The molecule has 1 fully saturated rings. The Kier molecular flexibility index (Phi) is 4.43. The van der Waals surface area contributed by atoms with E-state index >= 15 is 0 Å². The zero-order chi connectivity index (χ0) is 10.7. The molecule has 88 valence electrons. The number of halogens is 1. The number of para-hydroxylation sites is 1. The quantitative estimate of drug-likeness (QED) is 0.867. The molecular formula is C11H14ClNO3. The molecule has 0 aromatic heterocycles.